The number of amides is 1. The van der Waals surface area contributed by atoms with Crippen LogP contribution in [0.2, 0.25) is 0 Å². The monoisotopic (exact) mass is 402 g/mol. The standard InChI is InChI=1S/C21H24F2N4O2/c1-4-21(3,24)12-25-20(28)18-13(2)26-19-17(9-6-10-27(18)19)29-11-14-15(22)7-5-8-16(14)23/h5-10H,4,11-12,24H2,1-3H3,(H,25,28). The molecule has 29 heavy (non-hydrogen) atoms. The van der Waals surface area contributed by atoms with Crippen LogP contribution in [-0.4, -0.2) is 27.4 Å². The average Bonchev–Trinajstić information content (AvgIpc) is 3.02. The van der Waals surface area contributed by atoms with Crippen molar-refractivity contribution in [2.24, 2.45) is 5.73 Å². The molecule has 8 heteroatoms. The molecule has 154 valence electrons. The summed E-state index contributed by atoms with van der Waals surface area (Å²) in [6, 6.07) is 6.95. The minimum atomic E-state index is -0.683. The largest absolute Gasteiger partial charge is 0.485 e. The molecule has 0 saturated heterocycles. The number of pyridine rings is 1. The number of aryl methyl sites for hydroxylation is 1. The molecule has 0 saturated carbocycles. The molecule has 0 aliphatic rings. The van der Waals surface area contributed by atoms with Crippen molar-refractivity contribution in [1.82, 2.24) is 14.7 Å². The molecule has 3 aromatic rings. The van der Waals surface area contributed by atoms with Gasteiger partial charge in [0.15, 0.2) is 11.4 Å². The Hall–Kier alpha value is -3.00. The van der Waals surface area contributed by atoms with E-state index in [1.54, 1.807) is 29.7 Å². The van der Waals surface area contributed by atoms with Crippen LogP contribution in [-0.2, 0) is 6.61 Å². The molecule has 0 bridgehead atoms. The predicted octanol–water partition coefficient (Wildman–Crippen LogP) is 3.36. The van der Waals surface area contributed by atoms with Crippen molar-refractivity contribution in [2.45, 2.75) is 39.3 Å². The number of rotatable bonds is 7. The zero-order valence-electron chi connectivity index (χ0n) is 16.6. The van der Waals surface area contributed by atoms with E-state index in [9.17, 15) is 13.6 Å². The lowest BCUT2D eigenvalue weighted by Gasteiger charge is -2.22. The predicted molar refractivity (Wildman–Crippen MR) is 106 cm³/mol. The number of nitrogens with two attached hydrogens (primary N) is 1. The molecule has 0 aliphatic carbocycles. The Bertz CT molecular complexity index is 1030. The normalized spacial score (nSPS) is 13.3. The summed E-state index contributed by atoms with van der Waals surface area (Å²) in [5.74, 6) is -1.36. The summed E-state index contributed by atoms with van der Waals surface area (Å²) in [6.45, 7) is 5.55. The fourth-order valence-electron chi connectivity index (χ4n) is 2.85. The van der Waals surface area contributed by atoms with Gasteiger partial charge in [-0.15, -0.1) is 0 Å². The van der Waals surface area contributed by atoms with Gasteiger partial charge in [0.25, 0.3) is 5.91 Å². The third kappa shape index (κ3) is 4.37. The molecule has 3 rings (SSSR count). The SMILES string of the molecule is CCC(C)(N)CNC(=O)c1c(C)nc2c(OCc3c(F)cccc3F)cccn12. The second-order valence-electron chi connectivity index (χ2n) is 7.29. The molecular formula is C21H24F2N4O2. The van der Waals surface area contributed by atoms with Crippen LogP contribution < -0.4 is 15.8 Å². The maximum Gasteiger partial charge on any atom is 0.270 e. The number of imidazole rings is 1. The van der Waals surface area contributed by atoms with Crippen LogP contribution in [0.3, 0.4) is 0 Å². The van der Waals surface area contributed by atoms with Gasteiger partial charge in [0.05, 0.1) is 11.3 Å². The number of aromatic nitrogens is 2. The van der Waals surface area contributed by atoms with Crippen molar-refractivity contribution in [3.63, 3.8) is 0 Å². The zero-order valence-corrected chi connectivity index (χ0v) is 16.6. The number of ether oxygens (including phenoxy) is 1. The summed E-state index contributed by atoms with van der Waals surface area (Å²) in [5.41, 5.74) is 6.66. The fraction of sp³-hybridized carbons (Fsp3) is 0.333. The van der Waals surface area contributed by atoms with Gasteiger partial charge in [0.2, 0.25) is 0 Å². The summed E-state index contributed by atoms with van der Waals surface area (Å²) in [7, 11) is 0. The second kappa shape index (κ2) is 8.16. The van der Waals surface area contributed by atoms with Gasteiger partial charge in [0.1, 0.15) is 23.9 Å². The maximum absolute atomic E-state index is 13.8. The van der Waals surface area contributed by atoms with Crippen molar-refractivity contribution >= 4 is 11.6 Å². The summed E-state index contributed by atoms with van der Waals surface area (Å²) in [6.07, 6.45) is 2.40. The molecule has 6 nitrogen and oxygen atoms in total. The Morgan fingerprint density at radius 1 is 1.28 bits per heavy atom. The van der Waals surface area contributed by atoms with E-state index in [2.05, 4.69) is 10.3 Å². The lowest BCUT2D eigenvalue weighted by atomic mass is 10.0. The van der Waals surface area contributed by atoms with Gasteiger partial charge in [-0.05, 0) is 44.5 Å². The van der Waals surface area contributed by atoms with Gasteiger partial charge in [-0.2, -0.15) is 0 Å². The van der Waals surface area contributed by atoms with E-state index in [1.165, 1.54) is 18.2 Å². The number of halogens is 2. The Morgan fingerprint density at radius 3 is 2.62 bits per heavy atom. The first-order valence-corrected chi connectivity index (χ1v) is 9.34. The van der Waals surface area contributed by atoms with Crippen LogP contribution in [0.4, 0.5) is 8.78 Å². The van der Waals surface area contributed by atoms with Crippen LogP contribution >= 0.6 is 0 Å². The highest BCUT2D eigenvalue weighted by Crippen LogP contribution is 2.24. The van der Waals surface area contributed by atoms with Crippen LogP contribution in [0, 0.1) is 18.6 Å². The molecule has 2 aromatic heterocycles. The Labute approximate surface area is 167 Å². The number of fused-ring (bicyclic) bond motifs is 1. The van der Waals surface area contributed by atoms with Crippen molar-refractivity contribution in [3.8, 4) is 5.75 Å². The van der Waals surface area contributed by atoms with E-state index in [1.807, 2.05) is 13.8 Å². The van der Waals surface area contributed by atoms with Crippen LogP contribution in [0.15, 0.2) is 36.5 Å². The number of nitrogens with one attached hydrogen (secondary N) is 1. The number of nitrogens with zero attached hydrogens (tertiary/aromatic N) is 2. The smallest absolute Gasteiger partial charge is 0.270 e. The van der Waals surface area contributed by atoms with Gasteiger partial charge in [-0.1, -0.05) is 13.0 Å². The van der Waals surface area contributed by atoms with Crippen molar-refractivity contribution < 1.29 is 18.3 Å². The third-order valence-corrected chi connectivity index (χ3v) is 4.90. The molecule has 0 aliphatic heterocycles. The Kier molecular flexibility index (Phi) is 5.83. The van der Waals surface area contributed by atoms with E-state index in [0.717, 1.165) is 0 Å². The number of benzene rings is 1. The lowest BCUT2D eigenvalue weighted by molar-refractivity contribution is 0.0937. The summed E-state index contributed by atoms with van der Waals surface area (Å²) in [4.78, 5) is 17.1. The minimum Gasteiger partial charge on any atom is -0.485 e. The van der Waals surface area contributed by atoms with Gasteiger partial charge in [-0.25, -0.2) is 13.8 Å². The highest BCUT2D eigenvalue weighted by molar-refractivity contribution is 5.95. The third-order valence-electron chi connectivity index (χ3n) is 4.90. The van der Waals surface area contributed by atoms with Gasteiger partial charge >= 0.3 is 0 Å². The van der Waals surface area contributed by atoms with E-state index in [4.69, 9.17) is 10.5 Å². The van der Waals surface area contributed by atoms with Crippen LogP contribution in [0.25, 0.3) is 5.65 Å². The quantitative estimate of drug-likeness (QED) is 0.635. The van der Waals surface area contributed by atoms with E-state index in [-0.39, 0.29) is 18.1 Å². The first-order valence-electron chi connectivity index (χ1n) is 9.34. The number of carbonyl (C=O) groups excluding carboxylic acids is 1. The molecule has 0 spiro atoms. The molecular weight excluding hydrogens is 378 g/mol. The second-order valence-corrected chi connectivity index (χ2v) is 7.29. The Morgan fingerprint density at radius 2 is 1.97 bits per heavy atom. The van der Waals surface area contributed by atoms with Crippen molar-refractivity contribution in [2.75, 3.05) is 6.54 Å². The van der Waals surface area contributed by atoms with Crippen molar-refractivity contribution in [1.29, 1.82) is 0 Å². The Balaban J connectivity index is 1.87. The molecule has 2 heterocycles. The first-order chi connectivity index (χ1) is 13.7. The van der Waals surface area contributed by atoms with Gasteiger partial charge in [0, 0.05) is 18.3 Å². The summed E-state index contributed by atoms with van der Waals surface area (Å²) in [5, 5.41) is 2.84. The molecule has 0 fully saturated rings. The van der Waals surface area contributed by atoms with E-state index >= 15 is 0 Å². The highest BCUT2D eigenvalue weighted by Gasteiger charge is 2.22. The van der Waals surface area contributed by atoms with Crippen LogP contribution in [0.5, 0.6) is 5.75 Å². The summed E-state index contributed by atoms with van der Waals surface area (Å²) < 4.78 is 34.9. The van der Waals surface area contributed by atoms with E-state index in [0.29, 0.717) is 35.8 Å². The minimum absolute atomic E-state index is 0.169. The van der Waals surface area contributed by atoms with Crippen molar-refractivity contribution in [3.05, 3.63) is 65.1 Å². The number of hydrogen-bond acceptors (Lipinski definition) is 4. The highest BCUT2D eigenvalue weighted by atomic mass is 19.1. The average molecular weight is 402 g/mol. The van der Waals surface area contributed by atoms with Crippen LogP contribution in [0.1, 0.15) is 42.0 Å². The molecule has 1 atom stereocenters. The summed E-state index contributed by atoms with van der Waals surface area (Å²) >= 11 is 0. The molecule has 1 amide bonds. The van der Waals surface area contributed by atoms with Gasteiger partial charge in [-0.3, -0.25) is 9.20 Å². The fourth-order valence-corrected chi connectivity index (χ4v) is 2.85. The first kappa shape index (κ1) is 20.7. The molecule has 0 radical (unpaired) electrons. The zero-order chi connectivity index (χ0) is 21.2. The van der Waals surface area contributed by atoms with Gasteiger partial charge < -0.3 is 15.8 Å². The lowest BCUT2D eigenvalue weighted by Crippen LogP contribution is -2.47. The van der Waals surface area contributed by atoms with E-state index < -0.39 is 17.2 Å². The molecule has 1 unspecified atom stereocenters. The molecule has 3 N–H and O–H groups in total. The number of carbonyl (C=O) groups is 1. The molecule has 1 aromatic carbocycles. The maximum atomic E-state index is 13.8. The topological polar surface area (TPSA) is 81.6 Å². The number of hydrogen-bond donors (Lipinski definition) is 2.